The summed E-state index contributed by atoms with van der Waals surface area (Å²) in [7, 11) is 0. The fourth-order valence-corrected chi connectivity index (χ4v) is 1.19. The van der Waals surface area contributed by atoms with Crippen LogP contribution in [0.25, 0.3) is 0 Å². The standard InChI is InChI=1S/C10H14O2/c1-2-3-4-6-9-7-5-8-10(11)12-9/h2-3,5,8-9H,4,6-7H2,1H3/b3-2-. The van der Waals surface area contributed by atoms with E-state index >= 15 is 0 Å². The molecule has 0 saturated carbocycles. The first-order chi connectivity index (χ1) is 5.83. The van der Waals surface area contributed by atoms with Crippen molar-refractivity contribution in [2.45, 2.75) is 32.3 Å². The predicted octanol–water partition coefficient (Wildman–Crippen LogP) is 2.21. The number of ether oxygens (including phenoxy) is 1. The maximum Gasteiger partial charge on any atom is 0.330 e. The van der Waals surface area contributed by atoms with E-state index in [9.17, 15) is 4.79 Å². The van der Waals surface area contributed by atoms with Gasteiger partial charge in [0.2, 0.25) is 0 Å². The number of rotatable bonds is 3. The number of hydrogen-bond donors (Lipinski definition) is 0. The Kier molecular flexibility index (Phi) is 3.58. The summed E-state index contributed by atoms with van der Waals surface area (Å²) in [5.41, 5.74) is 0. The van der Waals surface area contributed by atoms with Crippen LogP contribution in [0.2, 0.25) is 0 Å². The molecule has 1 heterocycles. The van der Waals surface area contributed by atoms with E-state index in [1.165, 1.54) is 6.08 Å². The molecule has 12 heavy (non-hydrogen) atoms. The van der Waals surface area contributed by atoms with Crippen molar-refractivity contribution in [3.63, 3.8) is 0 Å². The third kappa shape index (κ3) is 2.91. The number of carbonyl (C=O) groups is 1. The number of cyclic esters (lactones) is 1. The van der Waals surface area contributed by atoms with E-state index in [0.717, 1.165) is 19.3 Å². The van der Waals surface area contributed by atoms with Gasteiger partial charge in [-0.25, -0.2) is 4.79 Å². The van der Waals surface area contributed by atoms with Crippen LogP contribution in [0.3, 0.4) is 0 Å². The molecule has 0 aliphatic carbocycles. The lowest BCUT2D eigenvalue weighted by Crippen LogP contribution is -2.19. The molecule has 0 aromatic rings. The first kappa shape index (κ1) is 9.04. The fourth-order valence-electron chi connectivity index (χ4n) is 1.19. The second kappa shape index (κ2) is 4.75. The molecule has 0 radical (unpaired) electrons. The third-order valence-corrected chi connectivity index (χ3v) is 1.83. The van der Waals surface area contributed by atoms with Gasteiger partial charge in [-0.05, 0) is 19.8 Å². The van der Waals surface area contributed by atoms with Crippen molar-refractivity contribution < 1.29 is 9.53 Å². The van der Waals surface area contributed by atoms with Crippen LogP contribution in [0.5, 0.6) is 0 Å². The monoisotopic (exact) mass is 166 g/mol. The van der Waals surface area contributed by atoms with E-state index < -0.39 is 0 Å². The summed E-state index contributed by atoms with van der Waals surface area (Å²) >= 11 is 0. The summed E-state index contributed by atoms with van der Waals surface area (Å²) in [6, 6.07) is 0. The van der Waals surface area contributed by atoms with Crippen molar-refractivity contribution >= 4 is 5.97 Å². The minimum absolute atomic E-state index is 0.0960. The predicted molar refractivity (Wildman–Crippen MR) is 47.7 cm³/mol. The van der Waals surface area contributed by atoms with Gasteiger partial charge in [0.05, 0.1) is 0 Å². The molecule has 2 heteroatoms. The van der Waals surface area contributed by atoms with E-state index in [1.54, 1.807) is 0 Å². The zero-order valence-electron chi connectivity index (χ0n) is 7.32. The highest BCUT2D eigenvalue weighted by Gasteiger charge is 2.14. The Morgan fingerprint density at radius 3 is 3.25 bits per heavy atom. The third-order valence-electron chi connectivity index (χ3n) is 1.83. The van der Waals surface area contributed by atoms with Gasteiger partial charge in [-0.15, -0.1) is 0 Å². The highest BCUT2D eigenvalue weighted by molar-refractivity contribution is 5.82. The summed E-state index contributed by atoms with van der Waals surface area (Å²) in [6.45, 7) is 1.99. The molecule has 2 nitrogen and oxygen atoms in total. The number of esters is 1. The van der Waals surface area contributed by atoms with Gasteiger partial charge in [0.1, 0.15) is 6.10 Å². The quantitative estimate of drug-likeness (QED) is 0.474. The van der Waals surface area contributed by atoms with Crippen LogP contribution in [0.15, 0.2) is 24.3 Å². The van der Waals surface area contributed by atoms with Crippen LogP contribution in [0.1, 0.15) is 26.2 Å². The van der Waals surface area contributed by atoms with Crippen molar-refractivity contribution in [3.8, 4) is 0 Å². The normalized spacial score (nSPS) is 23.1. The SMILES string of the molecule is C/C=C\CCC1CC=CC(=O)O1. The lowest BCUT2D eigenvalue weighted by molar-refractivity contribution is -0.144. The fraction of sp³-hybridized carbons (Fsp3) is 0.500. The van der Waals surface area contributed by atoms with Gasteiger partial charge in [0.15, 0.2) is 0 Å². The maximum atomic E-state index is 10.8. The summed E-state index contributed by atoms with van der Waals surface area (Å²) in [5, 5.41) is 0. The molecule has 1 aliphatic rings. The Hall–Kier alpha value is -1.05. The second-order valence-corrected chi connectivity index (χ2v) is 2.84. The second-order valence-electron chi connectivity index (χ2n) is 2.84. The van der Waals surface area contributed by atoms with Crippen LogP contribution < -0.4 is 0 Å². The molecule has 1 unspecified atom stereocenters. The van der Waals surface area contributed by atoms with Crippen LogP contribution in [0.4, 0.5) is 0 Å². The molecule has 0 bridgehead atoms. The van der Waals surface area contributed by atoms with Gasteiger partial charge in [0.25, 0.3) is 0 Å². The summed E-state index contributed by atoms with van der Waals surface area (Å²) in [6.07, 6.45) is 10.4. The summed E-state index contributed by atoms with van der Waals surface area (Å²) in [5.74, 6) is -0.202. The lowest BCUT2D eigenvalue weighted by atomic mass is 10.1. The average molecular weight is 166 g/mol. The van der Waals surface area contributed by atoms with E-state index in [1.807, 2.05) is 19.1 Å². The first-order valence-corrected chi connectivity index (χ1v) is 4.31. The van der Waals surface area contributed by atoms with Crippen LogP contribution in [-0.2, 0) is 9.53 Å². The Morgan fingerprint density at radius 2 is 2.58 bits per heavy atom. The molecular weight excluding hydrogens is 152 g/mol. The van der Waals surface area contributed by atoms with Crippen molar-refractivity contribution in [3.05, 3.63) is 24.3 Å². The van der Waals surface area contributed by atoms with Gasteiger partial charge in [-0.3, -0.25) is 0 Å². The van der Waals surface area contributed by atoms with Gasteiger partial charge in [-0.1, -0.05) is 18.2 Å². The van der Waals surface area contributed by atoms with Crippen LogP contribution >= 0.6 is 0 Å². The maximum absolute atomic E-state index is 10.8. The minimum Gasteiger partial charge on any atom is -0.459 e. The average Bonchev–Trinajstić information content (AvgIpc) is 2.05. The molecule has 0 fully saturated rings. The van der Waals surface area contributed by atoms with Gasteiger partial charge in [-0.2, -0.15) is 0 Å². The van der Waals surface area contributed by atoms with Crippen molar-refractivity contribution in [2.75, 3.05) is 0 Å². The highest BCUT2D eigenvalue weighted by atomic mass is 16.5. The van der Waals surface area contributed by atoms with Crippen molar-refractivity contribution in [1.29, 1.82) is 0 Å². The molecule has 0 saturated heterocycles. The summed E-state index contributed by atoms with van der Waals surface area (Å²) in [4.78, 5) is 10.8. The molecule has 0 N–H and O–H groups in total. The minimum atomic E-state index is -0.202. The molecular formula is C10H14O2. The molecule has 66 valence electrons. The van der Waals surface area contributed by atoms with Crippen LogP contribution in [0, 0.1) is 0 Å². The molecule has 1 rings (SSSR count). The van der Waals surface area contributed by atoms with Crippen molar-refractivity contribution in [1.82, 2.24) is 0 Å². The zero-order valence-corrected chi connectivity index (χ0v) is 7.32. The Bertz CT molecular complexity index is 204. The topological polar surface area (TPSA) is 26.3 Å². The lowest BCUT2D eigenvalue weighted by Gasteiger charge is -2.17. The Labute approximate surface area is 72.9 Å². The Morgan fingerprint density at radius 1 is 1.75 bits per heavy atom. The Balaban J connectivity index is 2.25. The van der Waals surface area contributed by atoms with Gasteiger partial charge in [0, 0.05) is 12.5 Å². The van der Waals surface area contributed by atoms with E-state index in [2.05, 4.69) is 6.08 Å². The number of allylic oxidation sites excluding steroid dienone is 2. The van der Waals surface area contributed by atoms with Crippen LogP contribution in [-0.4, -0.2) is 12.1 Å². The zero-order chi connectivity index (χ0) is 8.81. The molecule has 1 aliphatic heterocycles. The summed E-state index contributed by atoms with van der Waals surface area (Å²) < 4.78 is 5.07. The van der Waals surface area contributed by atoms with E-state index in [4.69, 9.17) is 4.74 Å². The van der Waals surface area contributed by atoms with E-state index in [-0.39, 0.29) is 12.1 Å². The number of carbonyl (C=O) groups excluding carboxylic acids is 1. The highest BCUT2D eigenvalue weighted by Crippen LogP contribution is 2.12. The first-order valence-electron chi connectivity index (χ1n) is 4.31. The van der Waals surface area contributed by atoms with E-state index in [0.29, 0.717) is 0 Å². The molecule has 0 spiro atoms. The van der Waals surface area contributed by atoms with Gasteiger partial charge >= 0.3 is 5.97 Å². The molecule has 0 aromatic heterocycles. The van der Waals surface area contributed by atoms with Crippen molar-refractivity contribution in [2.24, 2.45) is 0 Å². The smallest absolute Gasteiger partial charge is 0.330 e. The number of hydrogen-bond acceptors (Lipinski definition) is 2. The molecule has 0 aromatic carbocycles. The van der Waals surface area contributed by atoms with Gasteiger partial charge < -0.3 is 4.74 Å². The largest absolute Gasteiger partial charge is 0.459 e. The molecule has 0 amide bonds. The molecule has 1 atom stereocenters.